The highest BCUT2D eigenvalue weighted by atomic mass is 32.2. The first-order chi connectivity index (χ1) is 16.4. The molecular weight excluding hydrogens is 450 g/mol. The molecule has 1 aliphatic heterocycles. The second-order valence-electron chi connectivity index (χ2n) is 9.64. The summed E-state index contributed by atoms with van der Waals surface area (Å²) >= 11 is 0. The largest absolute Gasteiger partial charge is 0.495 e. The van der Waals surface area contributed by atoms with E-state index in [9.17, 15) is 8.42 Å². The number of hydrogen-bond donors (Lipinski definition) is 0. The fraction of sp³-hybridized carbons (Fsp3) is 0.577. The third-order valence-corrected chi connectivity index (χ3v) is 8.86. The zero-order chi connectivity index (χ0) is 24.1. The number of sulfone groups is 1. The molecule has 2 heterocycles. The van der Waals surface area contributed by atoms with Crippen molar-refractivity contribution in [3.63, 3.8) is 0 Å². The normalized spacial score (nSPS) is 22.1. The summed E-state index contributed by atoms with van der Waals surface area (Å²) in [4.78, 5) is 9.22. The average molecular weight is 488 g/mol. The van der Waals surface area contributed by atoms with Crippen LogP contribution in [0.25, 0.3) is 0 Å². The van der Waals surface area contributed by atoms with Gasteiger partial charge in [-0.15, -0.1) is 0 Å². The van der Waals surface area contributed by atoms with Crippen LogP contribution in [0.2, 0.25) is 0 Å². The molecule has 0 atom stereocenters. The minimum atomic E-state index is -3.42. The summed E-state index contributed by atoms with van der Waals surface area (Å²) in [6.45, 7) is 8.13. The van der Waals surface area contributed by atoms with Crippen molar-refractivity contribution in [2.24, 2.45) is 5.92 Å². The van der Waals surface area contributed by atoms with E-state index in [1.807, 2.05) is 6.07 Å². The molecule has 1 aromatic carbocycles. The van der Waals surface area contributed by atoms with Gasteiger partial charge < -0.3 is 14.4 Å². The second kappa shape index (κ2) is 11.0. The standard InChI is InChI=1S/C26H37N3O4S/c1-20(2)33-24-7-5-4-6-23(24)29-16-14-28(15-17-29)22-10-8-21(9-11-22)19-34(30,31)26-18-27-13-12-25(26)32-3/h4-7,12-13,18,20-22H,8-11,14-17,19H2,1-3H3. The Morgan fingerprint density at radius 2 is 1.71 bits per heavy atom. The molecule has 4 rings (SSSR count). The number of hydrogen-bond acceptors (Lipinski definition) is 7. The Morgan fingerprint density at radius 1 is 1.00 bits per heavy atom. The van der Waals surface area contributed by atoms with Crippen LogP contribution in [-0.4, -0.2) is 69.5 Å². The summed E-state index contributed by atoms with van der Waals surface area (Å²) in [5.74, 6) is 1.69. The molecule has 186 valence electrons. The summed E-state index contributed by atoms with van der Waals surface area (Å²) in [5, 5.41) is 0. The number of nitrogens with zero attached hydrogens (tertiary/aromatic N) is 3. The molecule has 0 amide bonds. The first-order valence-corrected chi connectivity index (χ1v) is 14.0. The van der Waals surface area contributed by atoms with Crippen molar-refractivity contribution in [2.45, 2.75) is 56.6 Å². The van der Waals surface area contributed by atoms with Crippen LogP contribution >= 0.6 is 0 Å². The maximum absolute atomic E-state index is 13.0. The molecule has 7 nitrogen and oxygen atoms in total. The van der Waals surface area contributed by atoms with Crippen LogP contribution in [0, 0.1) is 5.92 Å². The minimum absolute atomic E-state index is 0.153. The highest BCUT2D eigenvalue weighted by molar-refractivity contribution is 7.91. The summed E-state index contributed by atoms with van der Waals surface area (Å²) < 4.78 is 37.2. The molecule has 8 heteroatoms. The Morgan fingerprint density at radius 3 is 2.38 bits per heavy atom. The van der Waals surface area contributed by atoms with E-state index in [4.69, 9.17) is 9.47 Å². The monoisotopic (exact) mass is 487 g/mol. The number of methoxy groups -OCH3 is 1. The fourth-order valence-corrected chi connectivity index (χ4v) is 7.06. The molecule has 0 bridgehead atoms. The van der Waals surface area contributed by atoms with Gasteiger partial charge in [-0.3, -0.25) is 9.88 Å². The number of aromatic nitrogens is 1. The van der Waals surface area contributed by atoms with Crippen LogP contribution in [0.4, 0.5) is 5.69 Å². The summed E-state index contributed by atoms with van der Waals surface area (Å²) in [6.07, 6.45) is 7.10. The zero-order valence-electron chi connectivity index (χ0n) is 20.5. The molecule has 1 saturated heterocycles. The number of benzene rings is 1. The van der Waals surface area contributed by atoms with E-state index in [-0.39, 0.29) is 22.7 Å². The van der Waals surface area contributed by atoms with Gasteiger partial charge >= 0.3 is 0 Å². The molecule has 1 aliphatic carbocycles. The number of pyridine rings is 1. The number of piperazine rings is 1. The molecule has 0 unspecified atom stereocenters. The maximum atomic E-state index is 13.0. The Labute approximate surface area is 204 Å². The third-order valence-electron chi connectivity index (χ3n) is 6.97. The SMILES string of the molecule is COc1ccncc1S(=O)(=O)CC1CCC(N2CCN(c3ccccc3OC(C)C)CC2)CC1. The summed E-state index contributed by atoms with van der Waals surface area (Å²) in [6, 6.07) is 10.5. The number of anilines is 1. The van der Waals surface area contributed by atoms with Crippen LogP contribution in [0.15, 0.2) is 47.6 Å². The molecule has 2 fully saturated rings. The van der Waals surface area contributed by atoms with Gasteiger partial charge in [0.1, 0.15) is 16.4 Å². The smallest absolute Gasteiger partial charge is 0.183 e. The molecule has 1 aromatic heterocycles. The fourth-order valence-electron chi connectivity index (χ4n) is 5.25. The van der Waals surface area contributed by atoms with Gasteiger partial charge in [-0.05, 0) is 63.6 Å². The Balaban J connectivity index is 1.29. The topological polar surface area (TPSA) is 72.0 Å². The zero-order valence-corrected chi connectivity index (χ0v) is 21.3. The predicted molar refractivity (Wildman–Crippen MR) is 135 cm³/mol. The van der Waals surface area contributed by atoms with Gasteiger partial charge in [0.15, 0.2) is 9.84 Å². The van der Waals surface area contributed by atoms with Crippen molar-refractivity contribution in [1.82, 2.24) is 9.88 Å². The highest BCUT2D eigenvalue weighted by Crippen LogP contribution is 2.34. The lowest BCUT2D eigenvalue weighted by Gasteiger charge is -2.43. The van der Waals surface area contributed by atoms with Gasteiger partial charge in [-0.25, -0.2) is 8.42 Å². The lowest BCUT2D eigenvalue weighted by atomic mass is 9.86. The minimum Gasteiger partial charge on any atom is -0.495 e. The van der Waals surface area contributed by atoms with Crippen molar-refractivity contribution >= 4 is 15.5 Å². The van der Waals surface area contributed by atoms with E-state index in [0.29, 0.717) is 11.8 Å². The van der Waals surface area contributed by atoms with Gasteiger partial charge in [-0.1, -0.05) is 12.1 Å². The second-order valence-corrected chi connectivity index (χ2v) is 11.6. The van der Waals surface area contributed by atoms with E-state index in [2.05, 4.69) is 46.8 Å². The maximum Gasteiger partial charge on any atom is 0.183 e. The Kier molecular flexibility index (Phi) is 7.99. The van der Waals surface area contributed by atoms with Gasteiger partial charge in [0.2, 0.25) is 0 Å². The van der Waals surface area contributed by atoms with Crippen molar-refractivity contribution in [1.29, 1.82) is 0 Å². The van der Waals surface area contributed by atoms with Crippen molar-refractivity contribution < 1.29 is 17.9 Å². The van der Waals surface area contributed by atoms with Crippen LogP contribution in [0.5, 0.6) is 11.5 Å². The van der Waals surface area contributed by atoms with Gasteiger partial charge in [0.25, 0.3) is 0 Å². The van der Waals surface area contributed by atoms with Crippen LogP contribution in [0.1, 0.15) is 39.5 Å². The van der Waals surface area contributed by atoms with E-state index >= 15 is 0 Å². The van der Waals surface area contributed by atoms with Crippen LogP contribution < -0.4 is 14.4 Å². The van der Waals surface area contributed by atoms with E-state index in [1.54, 1.807) is 12.3 Å². The molecule has 0 N–H and O–H groups in total. The van der Waals surface area contributed by atoms with Crippen LogP contribution in [0.3, 0.4) is 0 Å². The Bertz CT molecular complexity index is 1040. The average Bonchev–Trinajstić information content (AvgIpc) is 2.84. The molecule has 0 radical (unpaired) electrons. The molecule has 2 aromatic rings. The van der Waals surface area contributed by atoms with Gasteiger partial charge in [0, 0.05) is 44.6 Å². The molecule has 0 spiro atoms. The first-order valence-electron chi connectivity index (χ1n) is 12.3. The molecule has 34 heavy (non-hydrogen) atoms. The first kappa shape index (κ1) is 24.8. The van der Waals surface area contributed by atoms with Gasteiger partial charge in [-0.2, -0.15) is 0 Å². The van der Waals surface area contributed by atoms with Crippen molar-refractivity contribution in [3.05, 3.63) is 42.7 Å². The number of ether oxygens (including phenoxy) is 2. The van der Waals surface area contributed by atoms with E-state index in [0.717, 1.165) is 57.6 Å². The summed E-state index contributed by atoms with van der Waals surface area (Å²) in [5.41, 5.74) is 1.18. The number of rotatable bonds is 8. The molecule has 2 aliphatic rings. The van der Waals surface area contributed by atoms with E-state index < -0.39 is 9.84 Å². The van der Waals surface area contributed by atoms with E-state index in [1.165, 1.54) is 19.0 Å². The van der Waals surface area contributed by atoms with Crippen molar-refractivity contribution in [2.75, 3.05) is 43.9 Å². The van der Waals surface area contributed by atoms with Crippen LogP contribution in [-0.2, 0) is 9.84 Å². The quantitative estimate of drug-likeness (QED) is 0.557. The molecular formula is C26H37N3O4S. The Hall–Kier alpha value is -2.32. The lowest BCUT2D eigenvalue weighted by Crippen LogP contribution is -2.51. The summed E-state index contributed by atoms with van der Waals surface area (Å²) in [7, 11) is -1.92. The lowest BCUT2D eigenvalue weighted by molar-refractivity contribution is 0.133. The number of para-hydroxylation sites is 2. The molecule has 1 saturated carbocycles. The van der Waals surface area contributed by atoms with Crippen molar-refractivity contribution in [3.8, 4) is 11.5 Å². The third kappa shape index (κ3) is 5.84. The van der Waals surface area contributed by atoms with Gasteiger partial charge in [0.05, 0.1) is 24.7 Å². The predicted octanol–water partition coefficient (Wildman–Crippen LogP) is 4.03. The highest BCUT2D eigenvalue weighted by Gasteiger charge is 2.32.